The molecule has 0 atom stereocenters. The Balaban J connectivity index is 2.23. The molecule has 0 unspecified atom stereocenters. The van der Waals surface area contributed by atoms with Crippen LogP contribution in [0.4, 0.5) is 4.39 Å². The van der Waals surface area contributed by atoms with Crippen molar-refractivity contribution in [2.75, 3.05) is 0 Å². The minimum Gasteiger partial charge on any atom is -0.326 e. The van der Waals surface area contributed by atoms with E-state index < -0.39 is 0 Å². The van der Waals surface area contributed by atoms with Gasteiger partial charge in [0.1, 0.15) is 5.82 Å². The molecule has 1 fully saturated rings. The SMILES string of the molecule is NCc1cc(F)ccc1CN1C(=O)CCC1=O. The van der Waals surface area contributed by atoms with Crippen LogP contribution in [0.25, 0.3) is 0 Å². The molecule has 90 valence electrons. The Hall–Kier alpha value is -1.75. The number of rotatable bonds is 3. The molecule has 0 spiro atoms. The minimum absolute atomic E-state index is 0.178. The van der Waals surface area contributed by atoms with E-state index in [2.05, 4.69) is 0 Å². The highest BCUT2D eigenvalue weighted by atomic mass is 19.1. The zero-order chi connectivity index (χ0) is 12.4. The van der Waals surface area contributed by atoms with Crippen LogP contribution in [0.3, 0.4) is 0 Å². The van der Waals surface area contributed by atoms with Crippen molar-refractivity contribution in [3.63, 3.8) is 0 Å². The van der Waals surface area contributed by atoms with Crippen molar-refractivity contribution in [1.29, 1.82) is 0 Å². The van der Waals surface area contributed by atoms with Gasteiger partial charge < -0.3 is 5.73 Å². The number of carbonyl (C=O) groups excluding carboxylic acids is 2. The van der Waals surface area contributed by atoms with Gasteiger partial charge in [-0.1, -0.05) is 6.07 Å². The number of nitrogens with zero attached hydrogens (tertiary/aromatic N) is 1. The van der Waals surface area contributed by atoms with Crippen molar-refractivity contribution in [1.82, 2.24) is 4.90 Å². The van der Waals surface area contributed by atoms with Crippen LogP contribution in [0.15, 0.2) is 18.2 Å². The van der Waals surface area contributed by atoms with Crippen LogP contribution < -0.4 is 5.73 Å². The fraction of sp³-hybridized carbons (Fsp3) is 0.333. The number of hydrogen-bond donors (Lipinski definition) is 1. The fourth-order valence-electron chi connectivity index (χ4n) is 1.91. The monoisotopic (exact) mass is 236 g/mol. The molecule has 0 bridgehead atoms. The van der Waals surface area contributed by atoms with E-state index in [1.165, 1.54) is 17.0 Å². The summed E-state index contributed by atoms with van der Waals surface area (Å²) in [5, 5.41) is 0. The predicted molar refractivity (Wildman–Crippen MR) is 59.1 cm³/mol. The average molecular weight is 236 g/mol. The summed E-state index contributed by atoms with van der Waals surface area (Å²) in [6.45, 7) is 0.369. The van der Waals surface area contributed by atoms with Gasteiger partial charge in [-0.2, -0.15) is 0 Å². The Morgan fingerprint density at radius 2 is 1.82 bits per heavy atom. The molecule has 1 aromatic rings. The van der Waals surface area contributed by atoms with Crippen molar-refractivity contribution >= 4 is 11.8 Å². The van der Waals surface area contributed by atoms with E-state index in [9.17, 15) is 14.0 Å². The number of carbonyl (C=O) groups is 2. The zero-order valence-electron chi connectivity index (χ0n) is 9.28. The number of nitrogens with two attached hydrogens (primary N) is 1. The second kappa shape index (κ2) is 4.63. The maximum atomic E-state index is 13.0. The van der Waals surface area contributed by atoms with Crippen molar-refractivity contribution in [3.05, 3.63) is 35.1 Å². The van der Waals surface area contributed by atoms with Crippen LogP contribution >= 0.6 is 0 Å². The van der Waals surface area contributed by atoms with E-state index in [1.54, 1.807) is 6.07 Å². The summed E-state index contributed by atoms with van der Waals surface area (Å²) < 4.78 is 13.0. The van der Waals surface area contributed by atoms with Gasteiger partial charge in [0.05, 0.1) is 6.54 Å². The van der Waals surface area contributed by atoms with Crippen molar-refractivity contribution < 1.29 is 14.0 Å². The van der Waals surface area contributed by atoms with Crippen LogP contribution in [0.5, 0.6) is 0 Å². The van der Waals surface area contributed by atoms with Crippen molar-refractivity contribution in [2.24, 2.45) is 5.73 Å². The first-order valence-electron chi connectivity index (χ1n) is 5.42. The molecular formula is C12H13FN2O2. The van der Waals surface area contributed by atoms with Crippen LogP contribution in [0.1, 0.15) is 24.0 Å². The van der Waals surface area contributed by atoms with Crippen molar-refractivity contribution in [2.45, 2.75) is 25.9 Å². The number of benzene rings is 1. The molecule has 1 aromatic carbocycles. The van der Waals surface area contributed by atoms with Gasteiger partial charge in [-0.05, 0) is 23.3 Å². The number of halogens is 1. The highest BCUT2D eigenvalue weighted by Crippen LogP contribution is 2.18. The van der Waals surface area contributed by atoms with Gasteiger partial charge in [0.15, 0.2) is 0 Å². The van der Waals surface area contributed by atoms with Crippen LogP contribution in [0, 0.1) is 5.82 Å². The third kappa shape index (κ3) is 2.34. The number of likely N-dealkylation sites (tertiary alicyclic amines) is 1. The lowest BCUT2D eigenvalue weighted by Crippen LogP contribution is -2.29. The highest BCUT2D eigenvalue weighted by molar-refractivity contribution is 6.01. The van der Waals surface area contributed by atoms with Crippen LogP contribution in [0.2, 0.25) is 0 Å². The van der Waals surface area contributed by atoms with Crippen LogP contribution in [-0.4, -0.2) is 16.7 Å². The number of hydrogen-bond acceptors (Lipinski definition) is 3. The predicted octanol–water partition coefficient (Wildman–Crippen LogP) is 0.933. The molecule has 1 aliphatic rings. The first-order valence-corrected chi connectivity index (χ1v) is 5.42. The number of amides is 2. The molecule has 2 amide bonds. The third-order valence-electron chi connectivity index (χ3n) is 2.87. The molecule has 2 rings (SSSR count). The Bertz CT molecular complexity index is 458. The first-order chi connectivity index (χ1) is 8.11. The molecule has 1 heterocycles. The van der Waals surface area contributed by atoms with Gasteiger partial charge in [0.2, 0.25) is 11.8 Å². The van der Waals surface area contributed by atoms with Gasteiger partial charge in [0.25, 0.3) is 0 Å². The van der Waals surface area contributed by atoms with E-state index in [0.717, 1.165) is 5.56 Å². The van der Waals surface area contributed by atoms with Gasteiger partial charge in [-0.15, -0.1) is 0 Å². The van der Waals surface area contributed by atoms with Gasteiger partial charge >= 0.3 is 0 Å². The Morgan fingerprint density at radius 3 is 2.41 bits per heavy atom. The largest absolute Gasteiger partial charge is 0.326 e. The quantitative estimate of drug-likeness (QED) is 0.794. The van der Waals surface area contributed by atoms with E-state index >= 15 is 0 Å². The molecule has 1 saturated heterocycles. The zero-order valence-corrected chi connectivity index (χ0v) is 9.28. The first kappa shape index (κ1) is 11.7. The summed E-state index contributed by atoms with van der Waals surface area (Å²) in [5.41, 5.74) is 6.85. The van der Waals surface area contributed by atoms with Gasteiger partial charge in [-0.25, -0.2) is 4.39 Å². The summed E-state index contributed by atoms with van der Waals surface area (Å²) in [4.78, 5) is 24.1. The molecule has 5 heteroatoms. The van der Waals surface area contributed by atoms with Crippen molar-refractivity contribution in [3.8, 4) is 0 Å². The molecule has 0 radical (unpaired) electrons. The summed E-state index contributed by atoms with van der Waals surface area (Å²) in [5.74, 6) is -0.724. The lowest BCUT2D eigenvalue weighted by Gasteiger charge is -2.16. The molecule has 4 nitrogen and oxygen atoms in total. The lowest BCUT2D eigenvalue weighted by atomic mass is 10.1. The van der Waals surface area contributed by atoms with E-state index in [0.29, 0.717) is 5.56 Å². The minimum atomic E-state index is -0.367. The molecular weight excluding hydrogens is 223 g/mol. The fourth-order valence-corrected chi connectivity index (χ4v) is 1.91. The Morgan fingerprint density at radius 1 is 1.18 bits per heavy atom. The third-order valence-corrected chi connectivity index (χ3v) is 2.87. The molecule has 0 aliphatic carbocycles. The van der Waals surface area contributed by atoms with Crippen LogP contribution in [-0.2, 0) is 22.7 Å². The number of imide groups is 1. The van der Waals surface area contributed by atoms with Gasteiger partial charge in [0, 0.05) is 19.4 Å². The summed E-state index contributed by atoms with van der Waals surface area (Å²) >= 11 is 0. The second-order valence-corrected chi connectivity index (χ2v) is 3.99. The second-order valence-electron chi connectivity index (χ2n) is 3.99. The molecule has 0 saturated carbocycles. The Kier molecular flexibility index (Phi) is 3.19. The van der Waals surface area contributed by atoms with E-state index in [1.807, 2.05) is 0 Å². The normalized spacial score (nSPS) is 15.8. The molecule has 1 aliphatic heterocycles. The summed E-state index contributed by atoms with van der Waals surface area (Å²) in [6, 6.07) is 4.20. The Labute approximate surface area is 98.2 Å². The molecule has 2 N–H and O–H groups in total. The van der Waals surface area contributed by atoms with Gasteiger partial charge in [-0.3, -0.25) is 14.5 Å². The summed E-state index contributed by atoms with van der Waals surface area (Å²) in [6.07, 6.45) is 0.524. The molecule has 0 aromatic heterocycles. The van der Waals surface area contributed by atoms with E-state index in [-0.39, 0.29) is 43.6 Å². The topological polar surface area (TPSA) is 63.4 Å². The smallest absolute Gasteiger partial charge is 0.229 e. The average Bonchev–Trinajstić information content (AvgIpc) is 2.62. The maximum absolute atomic E-state index is 13.0. The summed E-state index contributed by atoms with van der Waals surface area (Å²) in [7, 11) is 0. The highest BCUT2D eigenvalue weighted by Gasteiger charge is 2.29. The standard InChI is InChI=1S/C12H13FN2O2/c13-10-2-1-8(9(5-10)6-14)7-15-11(16)3-4-12(15)17/h1-2,5H,3-4,6-7,14H2. The van der Waals surface area contributed by atoms with E-state index in [4.69, 9.17) is 5.73 Å². The molecule has 17 heavy (non-hydrogen) atoms. The maximum Gasteiger partial charge on any atom is 0.229 e. The lowest BCUT2D eigenvalue weighted by molar-refractivity contribution is -0.139.